The third-order valence-electron chi connectivity index (χ3n) is 3.95. The van der Waals surface area contributed by atoms with Crippen molar-refractivity contribution in [3.05, 3.63) is 12.2 Å². The zero-order valence-corrected chi connectivity index (χ0v) is 9.84. The quantitative estimate of drug-likeness (QED) is 0.780. The van der Waals surface area contributed by atoms with E-state index >= 15 is 0 Å². The molecule has 0 unspecified atom stereocenters. The first kappa shape index (κ1) is 10.7. The molecule has 1 aliphatic heterocycles. The highest BCUT2D eigenvalue weighted by molar-refractivity contribution is 5.79. The van der Waals surface area contributed by atoms with Gasteiger partial charge in [0.05, 0.1) is 0 Å². The van der Waals surface area contributed by atoms with Crippen LogP contribution < -0.4 is 0 Å². The van der Waals surface area contributed by atoms with E-state index < -0.39 is 0 Å². The van der Waals surface area contributed by atoms with Crippen molar-refractivity contribution in [3.63, 3.8) is 0 Å². The predicted octanol–water partition coefficient (Wildman–Crippen LogP) is 1.58. The van der Waals surface area contributed by atoms with Gasteiger partial charge in [0.2, 0.25) is 12.3 Å². The van der Waals surface area contributed by atoms with Gasteiger partial charge in [-0.15, -0.1) is 0 Å². The zero-order valence-electron chi connectivity index (χ0n) is 9.84. The maximum atomic E-state index is 12.2. The van der Waals surface area contributed by atoms with Gasteiger partial charge in [-0.25, -0.2) is 0 Å². The molecule has 1 aliphatic carbocycles. The number of carbonyl (C=O) groups is 1. The Balaban J connectivity index is 1.62. The Labute approximate surface area is 100 Å². The molecule has 1 amide bonds. The Hall–Kier alpha value is -1.39. The highest BCUT2D eigenvalue weighted by Crippen LogP contribution is 2.30. The molecule has 2 aliphatic rings. The molecule has 1 atom stereocenters. The number of likely N-dealkylation sites (tertiary alicyclic amines) is 1. The Morgan fingerprint density at radius 1 is 1.35 bits per heavy atom. The van der Waals surface area contributed by atoms with Crippen LogP contribution in [0.3, 0.4) is 0 Å². The van der Waals surface area contributed by atoms with Gasteiger partial charge < -0.3 is 9.42 Å². The van der Waals surface area contributed by atoms with E-state index in [0.717, 1.165) is 38.2 Å². The van der Waals surface area contributed by atoms with E-state index in [-0.39, 0.29) is 11.8 Å². The van der Waals surface area contributed by atoms with Crippen molar-refractivity contribution in [3.8, 4) is 0 Å². The van der Waals surface area contributed by atoms with Gasteiger partial charge in [-0.3, -0.25) is 4.79 Å². The van der Waals surface area contributed by atoms with Crippen molar-refractivity contribution in [1.29, 1.82) is 0 Å². The predicted molar refractivity (Wildman–Crippen MR) is 60.2 cm³/mol. The monoisotopic (exact) mass is 235 g/mol. The van der Waals surface area contributed by atoms with Crippen LogP contribution in [-0.2, 0) is 4.79 Å². The van der Waals surface area contributed by atoms with Crippen molar-refractivity contribution < 1.29 is 9.32 Å². The summed E-state index contributed by atoms with van der Waals surface area (Å²) in [5, 5.41) is 3.87. The lowest BCUT2D eigenvalue weighted by molar-refractivity contribution is -0.134. The molecule has 0 radical (unpaired) electrons. The summed E-state index contributed by atoms with van der Waals surface area (Å²) in [7, 11) is 0. The standard InChI is InChI=1S/C12H17N3O2/c16-12(9-3-1-2-4-9)15-6-5-10(7-15)11-13-8-17-14-11/h8-10H,1-7H2/t10-/m1/s1. The Kier molecular flexibility index (Phi) is 2.82. The van der Waals surface area contributed by atoms with Gasteiger partial charge in [0, 0.05) is 24.9 Å². The second kappa shape index (κ2) is 4.47. The topological polar surface area (TPSA) is 59.2 Å². The van der Waals surface area contributed by atoms with E-state index in [4.69, 9.17) is 4.52 Å². The average Bonchev–Trinajstić information content (AvgIpc) is 3.09. The number of hydrogen-bond donors (Lipinski definition) is 0. The van der Waals surface area contributed by atoms with Crippen molar-refractivity contribution in [1.82, 2.24) is 15.0 Å². The van der Waals surface area contributed by atoms with Gasteiger partial charge in [0.1, 0.15) is 0 Å². The van der Waals surface area contributed by atoms with Crippen LogP contribution in [0.1, 0.15) is 43.8 Å². The van der Waals surface area contributed by atoms with Crippen LogP contribution in [0.15, 0.2) is 10.9 Å². The summed E-state index contributed by atoms with van der Waals surface area (Å²) in [6.45, 7) is 1.60. The number of amides is 1. The van der Waals surface area contributed by atoms with Gasteiger partial charge in [-0.05, 0) is 19.3 Å². The third kappa shape index (κ3) is 2.06. The first-order chi connectivity index (χ1) is 8.34. The Morgan fingerprint density at radius 3 is 2.88 bits per heavy atom. The fraction of sp³-hybridized carbons (Fsp3) is 0.750. The molecule has 0 spiro atoms. The summed E-state index contributed by atoms with van der Waals surface area (Å²) >= 11 is 0. The molecule has 2 fully saturated rings. The van der Waals surface area contributed by atoms with E-state index in [0.29, 0.717) is 5.91 Å². The summed E-state index contributed by atoms with van der Waals surface area (Å²) in [5.41, 5.74) is 0. The second-order valence-corrected chi connectivity index (χ2v) is 5.04. The summed E-state index contributed by atoms with van der Waals surface area (Å²) < 4.78 is 4.76. The SMILES string of the molecule is O=C(C1CCCC1)N1CC[C@@H](c2ncon2)C1. The first-order valence-corrected chi connectivity index (χ1v) is 6.39. The van der Waals surface area contributed by atoms with Crippen molar-refractivity contribution in [2.75, 3.05) is 13.1 Å². The Morgan fingerprint density at radius 2 is 2.18 bits per heavy atom. The molecule has 1 saturated heterocycles. The van der Waals surface area contributed by atoms with Crippen LogP contribution in [0.5, 0.6) is 0 Å². The van der Waals surface area contributed by atoms with Gasteiger partial charge in [0.15, 0.2) is 5.82 Å². The Bertz CT molecular complexity index is 384. The lowest BCUT2D eigenvalue weighted by Crippen LogP contribution is -2.33. The van der Waals surface area contributed by atoms with Crippen molar-refractivity contribution in [2.45, 2.75) is 38.0 Å². The van der Waals surface area contributed by atoms with Crippen LogP contribution in [-0.4, -0.2) is 34.0 Å². The molecule has 0 aromatic carbocycles. The molecule has 5 nitrogen and oxygen atoms in total. The largest absolute Gasteiger partial charge is 0.343 e. The fourth-order valence-corrected chi connectivity index (χ4v) is 2.96. The number of aromatic nitrogens is 2. The number of nitrogens with zero attached hydrogens (tertiary/aromatic N) is 3. The van der Waals surface area contributed by atoms with Crippen molar-refractivity contribution in [2.24, 2.45) is 5.92 Å². The van der Waals surface area contributed by atoms with Crippen molar-refractivity contribution >= 4 is 5.91 Å². The maximum absolute atomic E-state index is 12.2. The normalized spacial score (nSPS) is 25.6. The van der Waals surface area contributed by atoms with Crippen LogP contribution in [0.2, 0.25) is 0 Å². The molecule has 17 heavy (non-hydrogen) atoms. The molecule has 1 saturated carbocycles. The van der Waals surface area contributed by atoms with Crippen LogP contribution in [0.4, 0.5) is 0 Å². The van der Waals surface area contributed by atoms with Gasteiger partial charge >= 0.3 is 0 Å². The van der Waals surface area contributed by atoms with Crippen LogP contribution in [0.25, 0.3) is 0 Å². The lowest BCUT2D eigenvalue weighted by atomic mass is 10.1. The summed E-state index contributed by atoms with van der Waals surface area (Å²) in [6, 6.07) is 0. The molecule has 92 valence electrons. The summed E-state index contributed by atoms with van der Waals surface area (Å²) in [4.78, 5) is 18.3. The summed E-state index contributed by atoms with van der Waals surface area (Å²) in [6.07, 6.45) is 6.87. The molecular formula is C12H17N3O2. The van der Waals surface area contributed by atoms with E-state index in [1.807, 2.05) is 4.90 Å². The second-order valence-electron chi connectivity index (χ2n) is 5.04. The van der Waals surface area contributed by atoms with Crippen LogP contribution in [0, 0.1) is 5.92 Å². The highest BCUT2D eigenvalue weighted by Gasteiger charge is 2.34. The molecule has 2 heterocycles. The smallest absolute Gasteiger partial charge is 0.225 e. The first-order valence-electron chi connectivity index (χ1n) is 6.39. The number of hydrogen-bond acceptors (Lipinski definition) is 4. The minimum absolute atomic E-state index is 0.263. The lowest BCUT2D eigenvalue weighted by Gasteiger charge is -2.19. The average molecular weight is 235 g/mol. The molecular weight excluding hydrogens is 218 g/mol. The summed E-state index contributed by atoms with van der Waals surface area (Å²) in [5.74, 6) is 1.62. The van der Waals surface area contributed by atoms with E-state index in [1.54, 1.807) is 0 Å². The minimum Gasteiger partial charge on any atom is -0.343 e. The zero-order chi connectivity index (χ0) is 11.7. The molecule has 0 bridgehead atoms. The van der Waals surface area contributed by atoms with Gasteiger partial charge in [-0.1, -0.05) is 18.0 Å². The highest BCUT2D eigenvalue weighted by atomic mass is 16.5. The maximum Gasteiger partial charge on any atom is 0.225 e. The molecule has 3 rings (SSSR count). The van der Waals surface area contributed by atoms with E-state index in [1.165, 1.54) is 19.2 Å². The third-order valence-corrected chi connectivity index (χ3v) is 3.95. The molecule has 1 aromatic rings. The van der Waals surface area contributed by atoms with E-state index in [9.17, 15) is 4.79 Å². The minimum atomic E-state index is 0.263. The fourth-order valence-electron chi connectivity index (χ4n) is 2.96. The molecule has 1 aromatic heterocycles. The van der Waals surface area contributed by atoms with Gasteiger partial charge in [-0.2, -0.15) is 4.98 Å². The number of rotatable bonds is 2. The van der Waals surface area contributed by atoms with Crippen LogP contribution >= 0.6 is 0 Å². The van der Waals surface area contributed by atoms with Gasteiger partial charge in [0.25, 0.3) is 0 Å². The number of carbonyl (C=O) groups excluding carboxylic acids is 1. The molecule has 0 N–H and O–H groups in total. The van der Waals surface area contributed by atoms with E-state index in [2.05, 4.69) is 10.1 Å². The molecule has 5 heteroatoms.